The van der Waals surface area contributed by atoms with Crippen molar-refractivity contribution in [1.82, 2.24) is 19.7 Å². The van der Waals surface area contributed by atoms with Crippen molar-refractivity contribution in [3.63, 3.8) is 0 Å². The highest BCUT2D eigenvalue weighted by molar-refractivity contribution is 6.05. The molecule has 2 aliphatic rings. The van der Waals surface area contributed by atoms with E-state index < -0.39 is 6.04 Å². The predicted molar refractivity (Wildman–Crippen MR) is 87.4 cm³/mol. The van der Waals surface area contributed by atoms with Gasteiger partial charge in [0.25, 0.3) is 5.91 Å². The molecule has 2 saturated heterocycles. The monoisotopic (exact) mass is 331 g/mol. The molecule has 8 heteroatoms. The Labute approximate surface area is 140 Å². The van der Waals surface area contributed by atoms with E-state index in [-0.39, 0.29) is 24.3 Å². The van der Waals surface area contributed by atoms with Gasteiger partial charge >= 0.3 is 6.03 Å². The Morgan fingerprint density at radius 1 is 1.12 bits per heavy atom. The number of carbonyl (C=O) groups excluding carboxylic acids is 3. The van der Waals surface area contributed by atoms with E-state index >= 15 is 0 Å². The van der Waals surface area contributed by atoms with Crippen LogP contribution in [0.15, 0.2) is 24.5 Å². The first kappa shape index (κ1) is 16.2. The van der Waals surface area contributed by atoms with Gasteiger partial charge in [-0.05, 0) is 12.1 Å². The lowest BCUT2D eigenvalue weighted by molar-refractivity contribution is -0.136. The molecule has 0 aliphatic carbocycles. The van der Waals surface area contributed by atoms with Gasteiger partial charge in [0, 0.05) is 58.4 Å². The second kappa shape index (κ2) is 6.46. The summed E-state index contributed by atoms with van der Waals surface area (Å²) >= 11 is 0. The molecule has 128 valence electrons. The highest BCUT2D eigenvalue weighted by Gasteiger charge is 2.42. The van der Waals surface area contributed by atoms with Crippen LogP contribution in [0, 0.1) is 0 Å². The first-order chi connectivity index (χ1) is 11.5. The molecule has 1 aromatic rings. The maximum absolute atomic E-state index is 12.5. The molecule has 8 nitrogen and oxygen atoms in total. The molecule has 2 fully saturated rings. The fourth-order valence-corrected chi connectivity index (χ4v) is 3.14. The summed E-state index contributed by atoms with van der Waals surface area (Å²) in [5.41, 5.74) is 1.09. The summed E-state index contributed by atoms with van der Waals surface area (Å²) in [6.45, 7) is 2.69. The van der Waals surface area contributed by atoms with Crippen molar-refractivity contribution in [3.05, 3.63) is 24.5 Å². The Morgan fingerprint density at radius 2 is 1.75 bits per heavy atom. The predicted octanol–water partition coefficient (Wildman–Crippen LogP) is 0.0127. The molecule has 0 saturated carbocycles. The number of nitrogens with zero attached hydrogens (tertiary/aromatic N) is 5. The average molecular weight is 331 g/mol. The highest BCUT2D eigenvalue weighted by atomic mass is 16.2. The topological polar surface area (TPSA) is 77.1 Å². The quantitative estimate of drug-likeness (QED) is 0.730. The zero-order valence-electron chi connectivity index (χ0n) is 13.9. The molecule has 1 aromatic heterocycles. The maximum Gasteiger partial charge on any atom is 0.326 e. The van der Waals surface area contributed by atoms with E-state index in [1.807, 2.05) is 12.1 Å². The smallest absolute Gasteiger partial charge is 0.326 e. The summed E-state index contributed by atoms with van der Waals surface area (Å²) in [4.78, 5) is 46.7. The number of likely N-dealkylation sites (N-methyl/N-ethyl adjacent to an activating group) is 2. The normalized spacial score (nSPS) is 21.7. The van der Waals surface area contributed by atoms with Gasteiger partial charge in [-0.2, -0.15) is 0 Å². The molecule has 4 amide bonds. The molecule has 1 unspecified atom stereocenters. The largest absolute Gasteiger partial charge is 0.368 e. The van der Waals surface area contributed by atoms with E-state index in [1.165, 1.54) is 11.9 Å². The van der Waals surface area contributed by atoms with E-state index in [4.69, 9.17) is 0 Å². The second-order valence-corrected chi connectivity index (χ2v) is 6.08. The van der Waals surface area contributed by atoms with E-state index in [2.05, 4.69) is 9.88 Å². The first-order valence-electron chi connectivity index (χ1n) is 7.96. The van der Waals surface area contributed by atoms with Crippen LogP contribution >= 0.6 is 0 Å². The van der Waals surface area contributed by atoms with Crippen molar-refractivity contribution in [1.29, 1.82) is 0 Å². The second-order valence-electron chi connectivity index (χ2n) is 6.08. The fourth-order valence-electron chi connectivity index (χ4n) is 3.14. The Bertz CT molecular complexity index is 642. The molecule has 24 heavy (non-hydrogen) atoms. The summed E-state index contributed by atoms with van der Waals surface area (Å²) in [7, 11) is 3.00. The molecule has 3 rings (SSSR count). The summed E-state index contributed by atoms with van der Waals surface area (Å²) in [6.07, 6.45) is 3.55. The van der Waals surface area contributed by atoms with Crippen LogP contribution in [0.4, 0.5) is 10.5 Å². The number of hydrogen-bond donors (Lipinski definition) is 0. The summed E-state index contributed by atoms with van der Waals surface area (Å²) in [5, 5.41) is 0. The first-order valence-corrected chi connectivity index (χ1v) is 7.96. The number of urea groups is 1. The minimum Gasteiger partial charge on any atom is -0.368 e. The molecule has 3 heterocycles. The Morgan fingerprint density at radius 3 is 2.29 bits per heavy atom. The standard InChI is InChI=1S/C16H21N5O3/c1-18-13(15(23)19(2)16(18)24)11-14(22)21-9-7-20(8-10-21)12-3-5-17-6-4-12/h3-6,13H,7-11H2,1-2H3. The molecule has 1 atom stereocenters. The molecule has 0 bridgehead atoms. The number of amides is 4. The summed E-state index contributed by atoms with van der Waals surface area (Å²) in [5.74, 6) is -0.399. The minimum absolute atomic E-state index is 0.0423. The summed E-state index contributed by atoms with van der Waals surface area (Å²) in [6, 6.07) is 2.85. The van der Waals surface area contributed by atoms with E-state index in [9.17, 15) is 14.4 Å². The highest BCUT2D eigenvalue weighted by Crippen LogP contribution is 2.19. The van der Waals surface area contributed by atoms with Gasteiger partial charge < -0.3 is 14.7 Å². The third-order valence-corrected chi connectivity index (χ3v) is 4.70. The fraction of sp³-hybridized carbons (Fsp3) is 0.500. The van der Waals surface area contributed by atoms with E-state index in [0.29, 0.717) is 13.1 Å². The van der Waals surface area contributed by atoms with Crippen molar-refractivity contribution in [2.45, 2.75) is 12.5 Å². The van der Waals surface area contributed by atoms with Crippen LogP contribution in [0.5, 0.6) is 0 Å². The van der Waals surface area contributed by atoms with Crippen LogP contribution in [0.2, 0.25) is 0 Å². The Hall–Kier alpha value is -2.64. The van der Waals surface area contributed by atoms with Crippen LogP contribution in [0.1, 0.15) is 6.42 Å². The molecule has 0 radical (unpaired) electrons. The van der Waals surface area contributed by atoms with Crippen molar-refractivity contribution in [3.8, 4) is 0 Å². The number of piperazine rings is 1. The lowest BCUT2D eigenvalue weighted by Crippen LogP contribution is -2.50. The van der Waals surface area contributed by atoms with Crippen LogP contribution in [-0.2, 0) is 9.59 Å². The van der Waals surface area contributed by atoms with Crippen molar-refractivity contribution in [2.75, 3.05) is 45.2 Å². The van der Waals surface area contributed by atoms with Gasteiger partial charge in [0.15, 0.2) is 0 Å². The molecule has 0 N–H and O–H groups in total. The zero-order valence-corrected chi connectivity index (χ0v) is 13.9. The van der Waals surface area contributed by atoms with Crippen molar-refractivity contribution < 1.29 is 14.4 Å². The number of rotatable bonds is 3. The van der Waals surface area contributed by atoms with Crippen LogP contribution in [0.3, 0.4) is 0 Å². The molecule has 2 aliphatic heterocycles. The number of pyridine rings is 1. The van der Waals surface area contributed by atoms with Gasteiger partial charge in [-0.1, -0.05) is 0 Å². The van der Waals surface area contributed by atoms with Crippen LogP contribution in [-0.4, -0.2) is 83.8 Å². The number of carbonyl (C=O) groups is 3. The number of hydrogen-bond acceptors (Lipinski definition) is 5. The van der Waals surface area contributed by atoms with E-state index in [0.717, 1.165) is 23.7 Å². The Kier molecular flexibility index (Phi) is 4.37. The van der Waals surface area contributed by atoms with Crippen LogP contribution < -0.4 is 4.90 Å². The SMILES string of the molecule is CN1C(=O)C(CC(=O)N2CCN(c3ccncc3)CC2)N(C)C1=O. The lowest BCUT2D eigenvalue weighted by atomic mass is 10.1. The van der Waals surface area contributed by atoms with Gasteiger partial charge in [-0.25, -0.2) is 4.79 Å². The molecular weight excluding hydrogens is 310 g/mol. The maximum atomic E-state index is 12.5. The Balaban J connectivity index is 1.56. The summed E-state index contributed by atoms with van der Waals surface area (Å²) < 4.78 is 0. The third-order valence-electron chi connectivity index (χ3n) is 4.70. The van der Waals surface area contributed by atoms with Gasteiger partial charge in [-0.15, -0.1) is 0 Å². The number of imide groups is 1. The van der Waals surface area contributed by atoms with Gasteiger partial charge in [0.2, 0.25) is 5.91 Å². The average Bonchev–Trinajstić information content (AvgIpc) is 2.80. The number of aromatic nitrogens is 1. The number of anilines is 1. The third kappa shape index (κ3) is 2.91. The zero-order chi connectivity index (χ0) is 17.3. The van der Waals surface area contributed by atoms with Crippen LogP contribution in [0.25, 0.3) is 0 Å². The van der Waals surface area contributed by atoms with E-state index in [1.54, 1.807) is 24.3 Å². The van der Waals surface area contributed by atoms with Gasteiger partial charge in [0.1, 0.15) is 6.04 Å². The molecular formula is C16H21N5O3. The minimum atomic E-state index is -0.687. The lowest BCUT2D eigenvalue weighted by Gasteiger charge is -2.36. The van der Waals surface area contributed by atoms with Gasteiger partial charge in [0.05, 0.1) is 6.42 Å². The molecule has 0 spiro atoms. The van der Waals surface area contributed by atoms with Gasteiger partial charge in [-0.3, -0.25) is 19.5 Å². The van der Waals surface area contributed by atoms with Crippen molar-refractivity contribution >= 4 is 23.5 Å². The molecule has 0 aromatic carbocycles. The van der Waals surface area contributed by atoms with Crippen molar-refractivity contribution in [2.24, 2.45) is 0 Å².